The Hall–Kier alpha value is -2.50. The third-order valence-corrected chi connectivity index (χ3v) is 3.83. The Bertz CT molecular complexity index is 654. The van der Waals surface area contributed by atoms with Gasteiger partial charge < -0.3 is 15.4 Å². The Kier molecular flexibility index (Phi) is 4.80. The molecule has 1 atom stereocenters. The van der Waals surface area contributed by atoms with Gasteiger partial charge in [-0.25, -0.2) is 0 Å². The predicted octanol–water partition coefficient (Wildman–Crippen LogP) is 1.36. The average molecular weight is 313 g/mol. The Balaban J connectivity index is 1.40. The van der Waals surface area contributed by atoms with Crippen molar-refractivity contribution in [1.29, 1.82) is 0 Å². The largest absolute Gasteiger partial charge is 0.488 e. The van der Waals surface area contributed by atoms with Crippen molar-refractivity contribution in [1.82, 2.24) is 20.4 Å². The van der Waals surface area contributed by atoms with Crippen molar-refractivity contribution in [3.8, 4) is 5.75 Å². The molecule has 0 spiro atoms. The van der Waals surface area contributed by atoms with E-state index in [0.29, 0.717) is 0 Å². The van der Waals surface area contributed by atoms with Gasteiger partial charge in [0.2, 0.25) is 0 Å². The van der Waals surface area contributed by atoms with Gasteiger partial charge in [-0.2, -0.15) is 5.10 Å². The molecule has 0 radical (unpaired) electrons. The molecule has 1 aliphatic rings. The van der Waals surface area contributed by atoms with Crippen LogP contribution in [0.3, 0.4) is 0 Å². The molecule has 0 fully saturated rings. The van der Waals surface area contributed by atoms with Crippen molar-refractivity contribution in [2.45, 2.75) is 26.0 Å². The van der Waals surface area contributed by atoms with Crippen molar-refractivity contribution in [2.75, 3.05) is 20.1 Å². The van der Waals surface area contributed by atoms with Crippen molar-refractivity contribution >= 4 is 5.96 Å². The fraction of sp³-hybridized carbons (Fsp3) is 0.412. The molecular weight excluding hydrogens is 290 g/mol. The number of fused-ring (bicyclic) bond motifs is 1. The number of para-hydroxylation sites is 1. The van der Waals surface area contributed by atoms with E-state index in [0.717, 1.165) is 37.8 Å². The van der Waals surface area contributed by atoms with E-state index in [1.807, 2.05) is 36.1 Å². The second-order valence-corrected chi connectivity index (χ2v) is 5.71. The molecule has 0 bridgehead atoms. The topological polar surface area (TPSA) is 63.5 Å². The van der Waals surface area contributed by atoms with Crippen LogP contribution in [0.4, 0.5) is 0 Å². The highest BCUT2D eigenvalue weighted by Gasteiger charge is 2.22. The van der Waals surface area contributed by atoms with Crippen LogP contribution in [-0.2, 0) is 13.0 Å². The summed E-state index contributed by atoms with van der Waals surface area (Å²) in [5.74, 6) is 1.78. The van der Waals surface area contributed by atoms with E-state index < -0.39 is 0 Å². The molecule has 0 saturated carbocycles. The number of guanidine groups is 1. The van der Waals surface area contributed by atoms with E-state index in [1.165, 1.54) is 11.1 Å². The Morgan fingerprint density at radius 1 is 1.39 bits per heavy atom. The molecule has 3 rings (SSSR count). The third kappa shape index (κ3) is 4.03. The van der Waals surface area contributed by atoms with Crippen molar-refractivity contribution in [3.63, 3.8) is 0 Å². The van der Waals surface area contributed by atoms with Gasteiger partial charge in [-0.05, 0) is 24.1 Å². The summed E-state index contributed by atoms with van der Waals surface area (Å²) in [5.41, 5.74) is 2.45. The molecule has 6 heteroatoms. The first-order chi connectivity index (χ1) is 11.2. The summed E-state index contributed by atoms with van der Waals surface area (Å²) in [6, 6.07) is 8.20. The quantitative estimate of drug-likeness (QED) is 0.646. The smallest absolute Gasteiger partial charge is 0.191 e. The zero-order valence-electron chi connectivity index (χ0n) is 13.6. The molecule has 2 aromatic rings. The number of aryl methyl sites for hydroxylation is 1. The average Bonchev–Trinajstić information content (AvgIpc) is 3.16. The third-order valence-electron chi connectivity index (χ3n) is 3.83. The lowest BCUT2D eigenvalue weighted by atomic mass is 10.1. The number of benzene rings is 1. The van der Waals surface area contributed by atoms with E-state index in [-0.39, 0.29) is 6.10 Å². The first-order valence-corrected chi connectivity index (χ1v) is 7.93. The highest BCUT2D eigenvalue weighted by molar-refractivity contribution is 5.79. The van der Waals surface area contributed by atoms with Crippen LogP contribution in [0.25, 0.3) is 0 Å². The van der Waals surface area contributed by atoms with Gasteiger partial charge in [0.15, 0.2) is 5.96 Å². The first kappa shape index (κ1) is 15.4. The van der Waals surface area contributed by atoms with Crippen LogP contribution >= 0.6 is 0 Å². The number of ether oxygens (including phenoxy) is 1. The van der Waals surface area contributed by atoms with Crippen LogP contribution < -0.4 is 15.4 Å². The zero-order valence-corrected chi connectivity index (χ0v) is 13.6. The Morgan fingerprint density at radius 2 is 2.26 bits per heavy atom. The van der Waals surface area contributed by atoms with E-state index >= 15 is 0 Å². The van der Waals surface area contributed by atoms with Crippen LogP contribution in [0.5, 0.6) is 5.75 Å². The van der Waals surface area contributed by atoms with Crippen LogP contribution in [0, 0.1) is 6.92 Å². The molecular formula is C17H23N5O. The molecule has 122 valence electrons. The summed E-state index contributed by atoms with van der Waals surface area (Å²) >= 11 is 0. The highest BCUT2D eigenvalue weighted by Crippen LogP contribution is 2.27. The van der Waals surface area contributed by atoms with Crippen molar-refractivity contribution in [3.05, 3.63) is 47.8 Å². The molecule has 2 N–H and O–H groups in total. The van der Waals surface area contributed by atoms with Gasteiger partial charge in [-0.3, -0.25) is 9.67 Å². The van der Waals surface area contributed by atoms with Gasteiger partial charge in [0.25, 0.3) is 0 Å². The minimum absolute atomic E-state index is 0.153. The van der Waals surface area contributed by atoms with Crippen LogP contribution in [0.1, 0.15) is 11.1 Å². The summed E-state index contributed by atoms with van der Waals surface area (Å²) in [7, 11) is 1.78. The summed E-state index contributed by atoms with van der Waals surface area (Å²) in [4.78, 5) is 4.24. The molecule has 0 amide bonds. The Morgan fingerprint density at radius 3 is 3.00 bits per heavy atom. The molecule has 0 aliphatic carbocycles. The molecule has 1 unspecified atom stereocenters. The molecule has 1 aromatic carbocycles. The van der Waals surface area contributed by atoms with E-state index in [4.69, 9.17) is 4.74 Å². The molecule has 6 nitrogen and oxygen atoms in total. The molecule has 1 aromatic heterocycles. The zero-order chi connectivity index (χ0) is 16.1. The van der Waals surface area contributed by atoms with E-state index in [2.05, 4.69) is 32.9 Å². The van der Waals surface area contributed by atoms with Gasteiger partial charge in [0.1, 0.15) is 11.9 Å². The fourth-order valence-corrected chi connectivity index (χ4v) is 2.68. The van der Waals surface area contributed by atoms with E-state index in [9.17, 15) is 0 Å². The summed E-state index contributed by atoms with van der Waals surface area (Å²) in [5, 5.41) is 10.9. The lowest BCUT2D eigenvalue weighted by Gasteiger charge is -2.15. The number of nitrogens with one attached hydrogen (secondary N) is 2. The lowest BCUT2D eigenvalue weighted by molar-refractivity contribution is 0.235. The second-order valence-electron chi connectivity index (χ2n) is 5.71. The van der Waals surface area contributed by atoms with E-state index in [1.54, 1.807) is 7.05 Å². The number of aromatic nitrogens is 2. The van der Waals surface area contributed by atoms with Crippen LogP contribution in [0.15, 0.2) is 41.7 Å². The summed E-state index contributed by atoms with van der Waals surface area (Å²) < 4.78 is 7.84. The number of nitrogens with zero attached hydrogens (tertiary/aromatic N) is 3. The van der Waals surface area contributed by atoms with Crippen molar-refractivity contribution in [2.24, 2.45) is 4.99 Å². The second kappa shape index (κ2) is 7.17. The van der Waals surface area contributed by atoms with Crippen LogP contribution in [0.2, 0.25) is 0 Å². The minimum atomic E-state index is 0.153. The molecule has 1 aliphatic heterocycles. The maximum Gasteiger partial charge on any atom is 0.191 e. The minimum Gasteiger partial charge on any atom is -0.488 e. The number of rotatable bonds is 5. The first-order valence-electron chi connectivity index (χ1n) is 7.93. The van der Waals surface area contributed by atoms with Crippen molar-refractivity contribution < 1.29 is 4.74 Å². The molecule has 0 saturated heterocycles. The lowest BCUT2D eigenvalue weighted by Crippen LogP contribution is -2.43. The van der Waals surface area contributed by atoms with Gasteiger partial charge >= 0.3 is 0 Å². The van der Waals surface area contributed by atoms with Gasteiger partial charge in [0.05, 0.1) is 19.3 Å². The van der Waals surface area contributed by atoms with Gasteiger partial charge in [-0.15, -0.1) is 0 Å². The number of hydrogen-bond acceptors (Lipinski definition) is 3. The molecule has 23 heavy (non-hydrogen) atoms. The standard InChI is InChI=1S/C17H23N5O/c1-13-10-21-22(12-13)8-7-19-17(18-2)20-11-15-9-14-5-3-4-6-16(14)23-15/h3-6,10,12,15H,7-9,11H2,1-2H3,(H2,18,19,20). The number of aliphatic imine (C=N–C) groups is 1. The predicted molar refractivity (Wildman–Crippen MR) is 90.9 cm³/mol. The fourth-order valence-electron chi connectivity index (χ4n) is 2.68. The maximum atomic E-state index is 5.92. The van der Waals surface area contributed by atoms with Gasteiger partial charge in [0, 0.05) is 26.2 Å². The summed E-state index contributed by atoms with van der Waals surface area (Å²) in [6.07, 6.45) is 4.98. The Labute approximate surface area is 136 Å². The van der Waals surface area contributed by atoms with Gasteiger partial charge in [-0.1, -0.05) is 18.2 Å². The number of hydrogen-bond donors (Lipinski definition) is 2. The monoisotopic (exact) mass is 313 g/mol. The highest BCUT2D eigenvalue weighted by atomic mass is 16.5. The SMILES string of the molecule is CN=C(NCCn1cc(C)cn1)NCC1Cc2ccccc2O1. The molecule has 2 heterocycles. The normalized spacial score (nSPS) is 16.8. The van der Waals surface area contributed by atoms with Crippen LogP contribution in [-0.4, -0.2) is 42.0 Å². The summed E-state index contributed by atoms with van der Waals surface area (Å²) in [6.45, 7) is 4.35. The maximum absolute atomic E-state index is 5.92.